The lowest BCUT2D eigenvalue weighted by molar-refractivity contribution is 0.102. The number of hydrogen-bond donors (Lipinski definition) is 2. The van der Waals surface area contributed by atoms with Crippen molar-refractivity contribution < 1.29 is 13.6 Å². The molecule has 0 fully saturated rings. The lowest BCUT2D eigenvalue weighted by Crippen LogP contribution is -2.14. The third kappa shape index (κ3) is 3.61. The van der Waals surface area contributed by atoms with Crippen LogP contribution < -0.4 is 10.6 Å². The number of amides is 1. The summed E-state index contributed by atoms with van der Waals surface area (Å²) in [6.45, 7) is 0. The Hall–Kier alpha value is -3.94. The second-order valence-electron chi connectivity index (χ2n) is 5.88. The molecule has 0 aliphatic carbocycles. The maximum atomic E-state index is 13.7. The van der Waals surface area contributed by atoms with E-state index in [0.29, 0.717) is 6.07 Å². The Kier molecular flexibility index (Phi) is 4.59. The predicted molar refractivity (Wildman–Crippen MR) is 101 cm³/mol. The number of halogens is 2. The van der Waals surface area contributed by atoms with Crippen molar-refractivity contribution in [2.45, 2.75) is 0 Å². The van der Waals surface area contributed by atoms with Gasteiger partial charge in [-0.1, -0.05) is 18.2 Å². The number of para-hydroxylation sites is 1. The van der Waals surface area contributed by atoms with Crippen LogP contribution in [0.15, 0.2) is 67.1 Å². The molecule has 2 N–H and O–H groups in total. The van der Waals surface area contributed by atoms with Gasteiger partial charge in [0.2, 0.25) is 5.95 Å². The summed E-state index contributed by atoms with van der Waals surface area (Å²) >= 11 is 0. The van der Waals surface area contributed by atoms with Crippen LogP contribution >= 0.6 is 0 Å². The van der Waals surface area contributed by atoms with Crippen molar-refractivity contribution in [3.63, 3.8) is 0 Å². The lowest BCUT2D eigenvalue weighted by atomic mass is 10.2. The number of carbonyl (C=O) groups is 1. The van der Waals surface area contributed by atoms with Gasteiger partial charge in [0.25, 0.3) is 5.91 Å². The molecule has 0 spiro atoms. The summed E-state index contributed by atoms with van der Waals surface area (Å²) < 4.78 is 26.6. The number of benzene rings is 2. The predicted octanol–water partition coefficient (Wildman–Crippen LogP) is 4.30. The Bertz CT molecular complexity index is 1160. The fraction of sp³-hybridized carbons (Fsp3) is 0. The Balaban J connectivity index is 1.51. The van der Waals surface area contributed by atoms with Gasteiger partial charge in [-0.25, -0.2) is 18.7 Å². The van der Waals surface area contributed by atoms with Gasteiger partial charge in [-0.3, -0.25) is 9.78 Å². The molecule has 1 amide bonds. The van der Waals surface area contributed by atoms with Crippen molar-refractivity contribution >= 4 is 34.1 Å². The van der Waals surface area contributed by atoms with E-state index in [-0.39, 0.29) is 17.2 Å². The standard InChI is InChI=1S/C20H13F2N5O/c21-14-6-7-16(15(22)9-14)26-19(28)13-10-24-20(25-11-13)27-17-5-1-3-12-4-2-8-23-18(12)17/h1-11H,(H,26,28)(H,24,25,27). The number of pyridine rings is 1. The van der Waals surface area contributed by atoms with E-state index < -0.39 is 17.5 Å². The topological polar surface area (TPSA) is 79.8 Å². The molecule has 0 radical (unpaired) electrons. The molecule has 2 heterocycles. The minimum Gasteiger partial charge on any atom is -0.322 e. The summed E-state index contributed by atoms with van der Waals surface area (Å²) in [6, 6.07) is 12.3. The summed E-state index contributed by atoms with van der Waals surface area (Å²) in [6.07, 6.45) is 4.31. The average molecular weight is 377 g/mol. The van der Waals surface area contributed by atoms with Crippen LogP contribution in [0.25, 0.3) is 10.9 Å². The van der Waals surface area contributed by atoms with Crippen LogP contribution in [0, 0.1) is 11.6 Å². The summed E-state index contributed by atoms with van der Waals surface area (Å²) in [7, 11) is 0. The van der Waals surface area contributed by atoms with Crippen molar-refractivity contribution in [1.29, 1.82) is 0 Å². The molecule has 4 rings (SSSR count). The molecule has 0 unspecified atom stereocenters. The fourth-order valence-corrected chi connectivity index (χ4v) is 2.62. The van der Waals surface area contributed by atoms with Crippen molar-refractivity contribution in [1.82, 2.24) is 15.0 Å². The normalized spacial score (nSPS) is 10.6. The molecule has 4 aromatic rings. The monoisotopic (exact) mass is 377 g/mol. The van der Waals surface area contributed by atoms with Crippen LogP contribution in [-0.4, -0.2) is 20.9 Å². The molecule has 2 aromatic carbocycles. The van der Waals surface area contributed by atoms with Crippen LogP contribution in [0.2, 0.25) is 0 Å². The second kappa shape index (κ2) is 7.36. The van der Waals surface area contributed by atoms with Crippen molar-refractivity contribution in [2.75, 3.05) is 10.6 Å². The van der Waals surface area contributed by atoms with E-state index >= 15 is 0 Å². The van der Waals surface area contributed by atoms with Crippen molar-refractivity contribution in [3.8, 4) is 0 Å². The first-order valence-electron chi connectivity index (χ1n) is 8.29. The summed E-state index contributed by atoms with van der Waals surface area (Å²) in [5.74, 6) is -1.92. The van der Waals surface area contributed by atoms with Gasteiger partial charge in [0.15, 0.2) is 0 Å². The Morgan fingerprint density at radius 3 is 2.46 bits per heavy atom. The van der Waals surface area contributed by atoms with E-state index in [1.807, 2.05) is 30.3 Å². The first-order chi connectivity index (χ1) is 13.6. The van der Waals surface area contributed by atoms with Crippen LogP contribution in [0.4, 0.5) is 26.1 Å². The highest BCUT2D eigenvalue weighted by Gasteiger charge is 2.12. The van der Waals surface area contributed by atoms with E-state index in [9.17, 15) is 13.6 Å². The third-order valence-corrected chi connectivity index (χ3v) is 3.97. The fourth-order valence-electron chi connectivity index (χ4n) is 2.62. The van der Waals surface area contributed by atoms with Crippen LogP contribution in [0.5, 0.6) is 0 Å². The van der Waals surface area contributed by atoms with Gasteiger partial charge in [0, 0.05) is 30.0 Å². The van der Waals surface area contributed by atoms with E-state index in [4.69, 9.17) is 0 Å². The third-order valence-electron chi connectivity index (χ3n) is 3.97. The maximum Gasteiger partial charge on any atom is 0.258 e. The molecule has 138 valence electrons. The number of fused-ring (bicyclic) bond motifs is 1. The molecule has 0 saturated heterocycles. The van der Waals surface area contributed by atoms with E-state index in [0.717, 1.165) is 28.7 Å². The molecule has 0 bridgehead atoms. The van der Waals surface area contributed by atoms with Crippen molar-refractivity contribution in [2.24, 2.45) is 0 Å². The van der Waals surface area contributed by atoms with E-state index in [2.05, 4.69) is 25.6 Å². The highest BCUT2D eigenvalue weighted by atomic mass is 19.1. The van der Waals surface area contributed by atoms with Crippen LogP contribution in [0.3, 0.4) is 0 Å². The molecule has 6 nitrogen and oxygen atoms in total. The van der Waals surface area contributed by atoms with Crippen molar-refractivity contribution in [3.05, 3.63) is 84.3 Å². The molecule has 0 atom stereocenters. The van der Waals surface area contributed by atoms with Gasteiger partial charge < -0.3 is 10.6 Å². The van der Waals surface area contributed by atoms with Crippen LogP contribution in [-0.2, 0) is 0 Å². The van der Waals surface area contributed by atoms with Crippen LogP contribution in [0.1, 0.15) is 10.4 Å². The minimum atomic E-state index is -0.865. The SMILES string of the molecule is O=C(Nc1ccc(F)cc1F)c1cnc(Nc2cccc3cccnc23)nc1. The Morgan fingerprint density at radius 2 is 1.68 bits per heavy atom. The summed E-state index contributed by atoms with van der Waals surface area (Å²) in [4.78, 5) is 24.8. The molecular formula is C20H13F2N5O. The molecule has 8 heteroatoms. The van der Waals surface area contributed by atoms with Gasteiger partial charge in [0.05, 0.1) is 22.5 Å². The quantitative estimate of drug-likeness (QED) is 0.554. The largest absolute Gasteiger partial charge is 0.322 e. The van der Waals surface area contributed by atoms with Gasteiger partial charge >= 0.3 is 0 Å². The molecule has 0 saturated carbocycles. The molecule has 0 aliphatic rings. The first-order valence-corrected chi connectivity index (χ1v) is 8.29. The van der Waals surface area contributed by atoms with Gasteiger partial charge in [-0.05, 0) is 24.3 Å². The molecular weight excluding hydrogens is 364 g/mol. The van der Waals surface area contributed by atoms with E-state index in [1.165, 1.54) is 12.4 Å². The second-order valence-corrected chi connectivity index (χ2v) is 5.88. The average Bonchev–Trinajstić information content (AvgIpc) is 2.71. The number of nitrogens with one attached hydrogen (secondary N) is 2. The Labute approximate surface area is 158 Å². The zero-order chi connectivity index (χ0) is 19.5. The zero-order valence-electron chi connectivity index (χ0n) is 14.4. The zero-order valence-corrected chi connectivity index (χ0v) is 14.4. The number of aromatic nitrogens is 3. The number of hydrogen-bond acceptors (Lipinski definition) is 5. The molecule has 0 aliphatic heterocycles. The number of carbonyl (C=O) groups excluding carboxylic acids is 1. The smallest absolute Gasteiger partial charge is 0.258 e. The first kappa shape index (κ1) is 17.5. The number of nitrogens with zero attached hydrogens (tertiary/aromatic N) is 3. The van der Waals surface area contributed by atoms with Gasteiger partial charge in [0.1, 0.15) is 11.6 Å². The minimum absolute atomic E-state index is 0.129. The summed E-state index contributed by atoms with van der Waals surface area (Å²) in [5.41, 5.74) is 1.49. The number of rotatable bonds is 4. The summed E-state index contributed by atoms with van der Waals surface area (Å²) in [5, 5.41) is 6.38. The Morgan fingerprint density at radius 1 is 0.893 bits per heavy atom. The maximum absolute atomic E-state index is 13.7. The molecule has 2 aromatic heterocycles. The van der Waals surface area contributed by atoms with Gasteiger partial charge in [-0.2, -0.15) is 0 Å². The highest BCUT2D eigenvalue weighted by Crippen LogP contribution is 2.23. The number of anilines is 3. The highest BCUT2D eigenvalue weighted by molar-refractivity contribution is 6.04. The van der Waals surface area contributed by atoms with E-state index in [1.54, 1.807) is 6.20 Å². The lowest BCUT2D eigenvalue weighted by Gasteiger charge is -2.09. The van der Waals surface area contributed by atoms with Gasteiger partial charge in [-0.15, -0.1) is 0 Å². The molecule has 28 heavy (non-hydrogen) atoms.